The second-order valence-corrected chi connectivity index (χ2v) is 11.7. The minimum absolute atomic E-state index is 0.0569. The van der Waals surface area contributed by atoms with Crippen molar-refractivity contribution in [2.45, 2.75) is 30.8 Å². The van der Waals surface area contributed by atoms with Gasteiger partial charge < -0.3 is 20.9 Å². The number of nitrogens with two attached hydrogens (primary N) is 2. The molecular formula is C37H36N6OS. The number of nitrogens with one attached hydrogen (secondary N) is 1. The van der Waals surface area contributed by atoms with Crippen molar-refractivity contribution in [2.75, 3.05) is 13.1 Å². The van der Waals surface area contributed by atoms with Gasteiger partial charge in [-0.2, -0.15) is 0 Å². The maximum absolute atomic E-state index is 13.9. The maximum atomic E-state index is 13.9. The number of nitrogens with zero attached hydrogens (tertiary/aromatic N) is 3. The summed E-state index contributed by atoms with van der Waals surface area (Å²) >= 11 is 4.70. The lowest BCUT2D eigenvalue weighted by Crippen LogP contribution is -2.34. The van der Waals surface area contributed by atoms with E-state index in [0.717, 1.165) is 50.3 Å². The third-order valence-electron chi connectivity index (χ3n) is 8.17. The van der Waals surface area contributed by atoms with Crippen molar-refractivity contribution in [3.8, 4) is 0 Å². The Hall–Kier alpha value is -4.92. The number of hydrogen-bond acceptors (Lipinski definition) is 5. The molecule has 7 nitrogen and oxygen atoms in total. The molecule has 0 spiro atoms. The number of amidine groups is 1. The first-order valence-corrected chi connectivity index (χ1v) is 15.5. The van der Waals surface area contributed by atoms with Crippen LogP contribution in [-0.4, -0.2) is 39.3 Å². The van der Waals surface area contributed by atoms with Crippen LogP contribution >= 0.6 is 12.6 Å². The second kappa shape index (κ2) is 13.4. The van der Waals surface area contributed by atoms with Crippen molar-refractivity contribution >= 4 is 46.2 Å². The number of fused-ring (bicyclic) bond motifs is 2. The van der Waals surface area contributed by atoms with E-state index >= 15 is 0 Å². The first kappa shape index (κ1) is 30.1. The van der Waals surface area contributed by atoms with Gasteiger partial charge in [0.05, 0.1) is 17.6 Å². The van der Waals surface area contributed by atoms with Gasteiger partial charge in [0, 0.05) is 42.1 Å². The summed E-state index contributed by atoms with van der Waals surface area (Å²) in [6, 6.07) is 36.1. The third kappa shape index (κ3) is 6.77. The van der Waals surface area contributed by atoms with Gasteiger partial charge in [-0.1, -0.05) is 78.9 Å². The maximum Gasteiger partial charge on any atom is 0.254 e. The topological polar surface area (TPSA) is 114 Å². The van der Waals surface area contributed by atoms with Gasteiger partial charge in [-0.25, -0.2) is 4.98 Å². The monoisotopic (exact) mass is 612 g/mol. The van der Waals surface area contributed by atoms with Gasteiger partial charge in [-0.3, -0.25) is 10.2 Å². The second-order valence-electron chi connectivity index (χ2n) is 11.3. The number of carbonyl (C=O) groups excluding carboxylic acids is 1. The summed E-state index contributed by atoms with van der Waals surface area (Å²) in [4.78, 5) is 21.6. The summed E-state index contributed by atoms with van der Waals surface area (Å²) in [5.41, 5.74) is 17.9. The zero-order valence-electron chi connectivity index (χ0n) is 25.0. The zero-order valence-corrected chi connectivity index (χ0v) is 25.9. The summed E-state index contributed by atoms with van der Waals surface area (Å²) < 4.78 is 2.22. The molecule has 6 rings (SSSR count). The zero-order chi connectivity index (χ0) is 31.3. The number of aryl methyl sites for hydroxylation is 2. The van der Waals surface area contributed by atoms with Crippen molar-refractivity contribution in [1.82, 2.24) is 14.5 Å². The van der Waals surface area contributed by atoms with E-state index in [1.54, 1.807) is 0 Å². The summed E-state index contributed by atoms with van der Waals surface area (Å²) in [6.07, 6.45) is 1.47. The van der Waals surface area contributed by atoms with Crippen molar-refractivity contribution in [3.05, 3.63) is 143 Å². The predicted octanol–water partition coefficient (Wildman–Crippen LogP) is 6.20. The molecule has 6 aromatic rings. The molecule has 0 unspecified atom stereocenters. The molecule has 5 N–H and O–H groups in total. The molecule has 1 heterocycles. The Balaban J connectivity index is 1.30. The van der Waals surface area contributed by atoms with Gasteiger partial charge in [-0.15, -0.1) is 12.6 Å². The summed E-state index contributed by atoms with van der Waals surface area (Å²) in [5.74, 6) is 0.913. The Morgan fingerprint density at radius 2 is 1.53 bits per heavy atom. The van der Waals surface area contributed by atoms with Crippen molar-refractivity contribution in [2.24, 2.45) is 11.5 Å². The highest BCUT2D eigenvalue weighted by Crippen LogP contribution is 2.25. The van der Waals surface area contributed by atoms with Crippen LogP contribution in [0.2, 0.25) is 0 Å². The number of nitrogen functional groups attached to an aromatic ring is 1. The number of aromatic nitrogens is 2. The number of imidazole rings is 1. The Labute approximate surface area is 268 Å². The molecule has 45 heavy (non-hydrogen) atoms. The van der Waals surface area contributed by atoms with Crippen LogP contribution in [0.15, 0.2) is 114 Å². The Morgan fingerprint density at radius 3 is 2.29 bits per heavy atom. The highest BCUT2D eigenvalue weighted by Gasteiger charge is 2.19. The Morgan fingerprint density at radius 1 is 0.822 bits per heavy atom. The summed E-state index contributed by atoms with van der Waals surface area (Å²) in [7, 11) is 0. The van der Waals surface area contributed by atoms with E-state index in [2.05, 4.69) is 41.0 Å². The van der Waals surface area contributed by atoms with E-state index in [1.165, 1.54) is 5.39 Å². The molecule has 1 amide bonds. The van der Waals surface area contributed by atoms with E-state index in [1.807, 2.05) is 77.7 Å². The molecule has 0 saturated heterocycles. The van der Waals surface area contributed by atoms with E-state index in [9.17, 15) is 4.79 Å². The highest BCUT2D eigenvalue weighted by atomic mass is 32.1. The van der Waals surface area contributed by atoms with Crippen LogP contribution in [0.1, 0.15) is 38.4 Å². The molecule has 0 aliphatic heterocycles. The third-order valence-corrected chi connectivity index (χ3v) is 8.61. The summed E-state index contributed by atoms with van der Waals surface area (Å²) in [6.45, 7) is 1.91. The molecular weight excluding hydrogens is 577 g/mol. The molecule has 0 radical (unpaired) electrons. The van der Waals surface area contributed by atoms with Crippen LogP contribution in [-0.2, 0) is 25.9 Å². The normalized spacial score (nSPS) is 11.2. The first-order valence-electron chi connectivity index (χ1n) is 15.1. The molecule has 8 heteroatoms. The molecule has 1 aromatic heterocycles. The molecule has 0 aliphatic carbocycles. The average Bonchev–Trinajstić information content (AvgIpc) is 3.40. The van der Waals surface area contributed by atoms with Crippen LogP contribution in [0.25, 0.3) is 21.8 Å². The van der Waals surface area contributed by atoms with Crippen molar-refractivity contribution < 1.29 is 4.79 Å². The van der Waals surface area contributed by atoms with Crippen LogP contribution in [0, 0.1) is 5.41 Å². The lowest BCUT2D eigenvalue weighted by atomic mass is 10.1. The first-order chi connectivity index (χ1) is 21.9. The van der Waals surface area contributed by atoms with Crippen molar-refractivity contribution in [3.63, 3.8) is 0 Å². The van der Waals surface area contributed by atoms with Gasteiger partial charge >= 0.3 is 0 Å². The number of carbonyl (C=O) groups is 1. The van der Waals surface area contributed by atoms with Gasteiger partial charge in [-0.05, 0) is 64.2 Å². The lowest BCUT2D eigenvalue weighted by Gasteiger charge is -2.22. The number of rotatable bonds is 11. The van der Waals surface area contributed by atoms with Crippen LogP contribution < -0.4 is 11.5 Å². The fourth-order valence-electron chi connectivity index (χ4n) is 5.75. The number of benzene rings is 5. The Bertz CT molecular complexity index is 2000. The van der Waals surface area contributed by atoms with Gasteiger partial charge in [0.15, 0.2) is 0 Å². The molecule has 226 valence electrons. The molecule has 0 atom stereocenters. The standard InChI is InChI=1S/C37H36N6OS/c38-19-20-42(23-26-11-13-27-5-1-2-6-29(27)21-26)37(44)30-16-17-33-32(22-30)41-35(43(33)24-31-7-3-4-8-34(31)45)18-12-25-9-14-28(15-10-25)36(39)40/h1-11,13-17,21-22,45H,12,18-20,23-24,38H2,(H3,39,40). The minimum Gasteiger partial charge on any atom is -0.384 e. The molecule has 0 bridgehead atoms. The van der Waals surface area contributed by atoms with E-state index in [4.69, 9.17) is 34.5 Å². The number of amides is 1. The van der Waals surface area contributed by atoms with E-state index in [-0.39, 0.29) is 11.7 Å². The van der Waals surface area contributed by atoms with Crippen LogP contribution in [0.5, 0.6) is 0 Å². The van der Waals surface area contributed by atoms with Crippen molar-refractivity contribution in [1.29, 1.82) is 5.41 Å². The highest BCUT2D eigenvalue weighted by molar-refractivity contribution is 7.80. The van der Waals surface area contributed by atoms with Crippen LogP contribution in [0.3, 0.4) is 0 Å². The van der Waals surface area contributed by atoms with Crippen LogP contribution in [0.4, 0.5) is 0 Å². The fraction of sp³-hybridized carbons (Fsp3) is 0.162. The number of thiol groups is 1. The SMILES string of the molecule is N=C(N)c1ccc(CCc2nc3cc(C(=O)N(CCN)Cc4ccc5ccccc5c4)ccc3n2Cc2ccccc2S)cc1. The molecule has 0 fully saturated rings. The number of hydrogen-bond donors (Lipinski definition) is 4. The van der Waals surface area contributed by atoms with E-state index < -0.39 is 0 Å². The van der Waals surface area contributed by atoms with Gasteiger partial charge in [0.1, 0.15) is 11.7 Å². The fourth-order valence-corrected chi connectivity index (χ4v) is 5.98. The van der Waals surface area contributed by atoms with Gasteiger partial charge in [0.2, 0.25) is 0 Å². The molecule has 0 saturated carbocycles. The average molecular weight is 613 g/mol. The van der Waals surface area contributed by atoms with Gasteiger partial charge in [0.25, 0.3) is 5.91 Å². The smallest absolute Gasteiger partial charge is 0.254 e. The largest absolute Gasteiger partial charge is 0.384 e. The quantitative estimate of drug-likeness (QED) is 0.0793. The summed E-state index contributed by atoms with van der Waals surface area (Å²) in [5, 5.41) is 9.98. The predicted molar refractivity (Wildman–Crippen MR) is 185 cm³/mol. The Kier molecular flexibility index (Phi) is 8.96. The minimum atomic E-state index is -0.0714. The molecule has 0 aliphatic rings. The molecule has 5 aromatic carbocycles. The van der Waals surface area contributed by atoms with E-state index in [0.29, 0.717) is 43.7 Å². The lowest BCUT2D eigenvalue weighted by molar-refractivity contribution is 0.0748.